The van der Waals surface area contributed by atoms with Crippen molar-refractivity contribution in [1.82, 2.24) is 0 Å². The van der Waals surface area contributed by atoms with Crippen LogP contribution in [0, 0.1) is 41.4 Å². The van der Waals surface area contributed by atoms with Crippen LogP contribution in [0.1, 0.15) is 98.8 Å². The minimum Gasteiger partial charge on any atom is -0.343 e. The monoisotopic (exact) mass is 394 g/mol. The molecule has 133 valence electrons. The van der Waals surface area contributed by atoms with E-state index in [-0.39, 0.29) is 32.7 Å². The molecule has 0 aromatic carbocycles. The van der Waals surface area contributed by atoms with Crippen LogP contribution in [0.4, 0.5) is 0 Å². The quantitative estimate of drug-likeness (QED) is 0.430. The summed E-state index contributed by atoms with van der Waals surface area (Å²) in [6.45, 7) is 16.7. The molecule has 2 fully saturated rings. The Hall–Kier alpha value is 1.10. The molecule has 23 heavy (non-hydrogen) atoms. The Morgan fingerprint density at radius 3 is 1.87 bits per heavy atom. The van der Waals surface area contributed by atoms with Gasteiger partial charge in [-0.15, -0.1) is 0 Å². The van der Waals surface area contributed by atoms with Crippen molar-refractivity contribution in [3.63, 3.8) is 0 Å². The maximum absolute atomic E-state index is 4.16. The Morgan fingerprint density at radius 2 is 1.35 bits per heavy atom. The van der Waals surface area contributed by atoms with E-state index in [0.717, 1.165) is 30.1 Å². The third-order valence-corrected chi connectivity index (χ3v) is 7.35. The first-order valence-electron chi connectivity index (χ1n) is 10.1. The number of hydrogen-bond acceptors (Lipinski definition) is 0. The van der Waals surface area contributed by atoms with Crippen LogP contribution in [-0.2, 0) is 32.7 Å². The van der Waals surface area contributed by atoms with Gasteiger partial charge in [-0.25, -0.2) is 0 Å². The second-order valence-electron chi connectivity index (χ2n) is 9.98. The molecular formula is C22H41Y-. The SMILES string of the molecule is [CH2-]C[C@H]1CC[C@H](C[C@H]2CC[C@H](CCC)C(C)(C)C2)C(C)(C)C1.[Y]. The first-order chi connectivity index (χ1) is 10.3. The van der Waals surface area contributed by atoms with E-state index in [1.165, 1.54) is 57.8 Å². The van der Waals surface area contributed by atoms with Gasteiger partial charge in [-0.05, 0) is 60.7 Å². The summed E-state index contributed by atoms with van der Waals surface area (Å²) in [4.78, 5) is 0. The van der Waals surface area contributed by atoms with Crippen LogP contribution in [0.25, 0.3) is 0 Å². The Bertz CT molecular complexity index is 344. The molecule has 0 heterocycles. The molecule has 0 N–H and O–H groups in total. The first-order valence-corrected chi connectivity index (χ1v) is 10.1. The topological polar surface area (TPSA) is 0 Å². The zero-order chi connectivity index (χ0) is 16.4. The number of hydrogen-bond donors (Lipinski definition) is 0. The van der Waals surface area contributed by atoms with Gasteiger partial charge in [0.1, 0.15) is 0 Å². The maximum atomic E-state index is 4.16. The van der Waals surface area contributed by atoms with Gasteiger partial charge in [0.05, 0.1) is 0 Å². The summed E-state index contributed by atoms with van der Waals surface area (Å²) in [5, 5.41) is 0. The summed E-state index contributed by atoms with van der Waals surface area (Å²) in [5.74, 6) is 3.81. The molecular weight excluding hydrogens is 353 g/mol. The van der Waals surface area contributed by atoms with Crippen molar-refractivity contribution in [2.45, 2.75) is 98.8 Å². The molecule has 0 bridgehead atoms. The van der Waals surface area contributed by atoms with E-state index in [9.17, 15) is 0 Å². The molecule has 0 nitrogen and oxygen atoms in total. The predicted octanol–water partition coefficient (Wildman–Crippen LogP) is 7.28. The fourth-order valence-electron chi connectivity index (χ4n) is 5.85. The minimum atomic E-state index is 0. The maximum Gasteiger partial charge on any atom is 0 e. The van der Waals surface area contributed by atoms with Crippen LogP contribution in [0.5, 0.6) is 0 Å². The molecule has 2 aliphatic carbocycles. The summed E-state index contributed by atoms with van der Waals surface area (Å²) < 4.78 is 0. The molecule has 0 spiro atoms. The van der Waals surface area contributed by atoms with Crippen LogP contribution < -0.4 is 0 Å². The van der Waals surface area contributed by atoms with E-state index in [1.807, 2.05) is 0 Å². The fraction of sp³-hybridized carbons (Fsp3) is 0.955. The van der Waals surface area contributed by atoms with Crippen molar-refractivity contribution < 1.29 is 32.7 Å². The van der Waals surface area contributed by atoms with Gasteiger partial charge in [0.15, 0.2) is 0 Å². The standard InChI is InChI=1S/C22H41.Y/c1-7-9-19-12-11-18(16-21(19,3)4)14-20-13-10-17(8-2)15-22(20,5)6;/h17-20H,2,7-16H2,1,3-6H3;/q-1;/t17-,18+,19-,20+;/m0./s1. The fourth-order valence-corrected chi connectivity index (χ4v) is 5.85. The average Bonchev–Trinajstić information content (AvgIpc) is 2.43. The molecule has 2 saturated carbocycles. The van der Waals surface area contributed by atoms with Crippen LogP contribution in [0.2, 0.25) is 0 Å². The molecule has 0 aromatic heterocycles. The first kappa shape index (κ1) is 22.1. The molecule has 1 heteroatoms. The van der Waals surface area contributed by atoms with E-state index in [2.05, 4.69) is 41.5 Å². The Kier molecular flexibility index (Phi) is 8.82. The summed E-state index contributed by atoms with van der Waals surface area (Å²) in [6.07, 6.45) is 14.2. The van der Waals surface area contributed by atoms with Crippen molar-refractivity contribution in [2.75, 3.05) is 0 Å². The van der Waals surface area contributed by atoms with Gasteiger partial charge in [0.2, 0.25) is 0 Å². The molecule has 0 amide bonds. The third kappa shape index (κ3) is 5.80. The van der Waals surface area contributed by atoms with Gasteiger partial charge in [-0.3, -0.25) is 0 Å². The summed E-state index contributed by atoms with van der Waals surface area (Å²) in [5.41, 5.74) is 1.12. The summed E-state index contributed by atoms with van der Waals surface area (Å²) >= 11 is 0. The van der Waals surface area contributed by atoms with Crippen LogP contribution >= 0.6 is 0 Å². The van der Waals surface area contributed by atoms with Gasteiger partial charge in [-0.1, -0.05) is 66.2 Å². The second-order valence-corrected chi connectivity index (χ2v) is 9.98. The van der Waals surface area contributed by atoms with Crippen molar-refractivity contribution in [2.24, 2.45) is 34.5 Å². The van der Waals surface area contributed by atoms with Crippen molar-refractivity contribution in [3.05, 3.63) is 6.92 Å². The van der Waals surface area contributed by atoms with Crippen LogP contribution in [0.15, 0.2) is 0 Å². The smallest absolute Gasteiger partial charge is 0 e. The second kappa shape index (κ2) is 9.16. The van der Waals surface area contributed by atoms with Gasteiger partial charge in [-0.2, -0.15) is 6.42 Å². The van der Waals surface area contributed by atoms with E-state index in [0.29, 0.717) is 10.8 Å². The van der Waals surface area contributed by atoms with Crippen molar-refractivity contribution in [3.8, 4) is 0 Å². The van der Waals surface area contributed by atoms with Crippen molar-refractivity contribution >= 4 is 0 Å². The molecule has 2 rings (SSSR count). The molecule has 1 radical (unpaired) electrons. The Balaban J connectivity index is 0.00000264. The number of rotatable bonds is 5. The van der Waals surface area contributed by atoms with E-state index in [4.69, 9.17) is 0 Å². The predicted molar refractivity (Wildman–Crippen MR) is 98.7 cm³/mol. The Labute approximate surface area is 172 Å². The van der Waals surface area contributed by atoms with Crippen LogP contribution in [-0.4, -0.2) is 0 Å². The zero-order valence-electron chi connectivity index (χ0n) is 16.7. The average molecular weight is 394 g/mol. The van der Waals surface area contributed by atoms with Crippen LogP contribution in [0.3, 0.4) is 0 Å². The molecule has 0 aliphatic heterocycles. The Morgan fingerprint density at radius 1 is 0.826 bits per heavy atom. The summed E-state index contributed by atoms with van der Waals surface area (Å²) in [6, 6.07) is 0. The van der Waals surface area contributed by atoms with Gasteiger partial charge >= 0.3 is 0 Å². The molecule has 0 saturated heterocycles. The van der Waals surface area contributed by atoms with Gasteiger partial charge in [0, 0.05) is 32.7 Å². The minimum absolute atomic E-state index is 0. The van der Waals surface area contributed by atoms with E-state index < -0.39 is 0 Å². The van der Waals surface area contributed by atoms with Gasteiger partial charge in [0.25, 0.3) is 0 Å². The van der Waals surface area contributed by atoms with Crippen molar-refractivity contribution in [1.29, 1.82) is 0 Å². The molecule has 0 unspecified atom stereocenters. The molecule has 4 atom stereocenters. The van der Waals surface area contributed by atoms with E-state index >= 15 is 0 Å². The molecule has 0 aromatic rings. The van der Waals surface area contributed by atoms with E-state index in [1.54, 1.807) is 0 Å². The van der Waals surface area contributed by atoms with Gasteiger partial charge < -0.3 is 6.92 Å². The largest absolute Gasteiger partial charge is 0.343 e. The zero-order valence-corrected chi connectivity index (χ0v) is 19.5. The summed E-state index contributed by atoms with van der Waals surface area (Å²) in [7, 11) is 0. The third-order valence-electron chi connectivity index (χ3n) is 7.35. The normalized spacial score (nSPS) is 36.3. The molecule has 2 aliphatic rings.